The van der Waals surface area contributed by atoms with Crippen LogP contribution in [-0.4, -0.2) is 34.8 Å². The first-order chi connectivity index (χ1) is 14.0. The van der Waals surface area contributed by atoms with Gasteiger partial charge in [-0.05, 0) is 42.7 Å². The molecule has 2 amide bonds. The second-order valence-electron chi connectivity index (χ2n) is 7.43. The zero-order chi connectivity index (χ0) is 20.4. The SMILES string of the molecule is CC1Cc2ccccc2N1C(=O)c1cc(C(=O)N(C)Cc2ccccc2)ccn1. The smallest absolute Gasteiger partial charge is 0.277 e. The van der Waals surface area contributed by atoms with Crippen LogP contribution in [0.2, 0.25) is 0 Å². The molecule has 3 aromatic rings. The van der Waals surface area contributed by atoms with E-state index in [1.165, 1.54) is 6.20 Å². The van der Waals surface area contributed by atoms with E-state index in [-0.39, 0.29) is 23.6 Å². The summed E-state index contributed by atoms with van der Waals surface area (Å²) in [4.78, 5) is 33.8. The minimum absolute atomic E-state index is 0.0572. The van der Waals surface area contributed by atoms with E-state index < -0.39 is 0 Å². The van der Waals surface area contributed by atoms with Crippen LogP contribution in [0.25, 0.3) is 0 Å². The van der Waals surface area contributed by atoms with Gasteiger partial charge in [0.05, 0.1) is 0 Å². The summed E-state index contributed by atoms with van der Waals surface area (Å²) in [6, 6.07) is 21.0. The van der Waals surface area contributed by atoms with Gasteiger partial charge in [-0.15, -0.1) is 0 Å². The van der Waals surface area contributed by atoms with Crippen LogP contribution in [0.5, 0.6) is 0 Å². The first-order valence-electron chi connectivity index (χ1n) is 9.71. The summed E-state index contributed by atoms with van der Waals surface area (Å²) in [6.07, 6.45) is 2.35. The molecule has 1 aromatic heterocycles. The summed E-state index contributed by atoms with van der Waals surface area (Å²) in [5, 5.41) is 0. The molecule has 5 heteroatoms. The number of carbonyl (C=O) groups is 2. The molecule has 1 unspecified atom stereocenters. The zero-order valence-electron chi connectivity index (χ0n) is 16.6. The minimum Gasteiger partial charge on any atom is -0.337 e. The van der Waals surface area contributed by atoms with E-state index in [9.17, 15) is 9.59 Å². The van der Waals surface area contributed by atoms with E-state index in [0.29, 0.717) is 12.1 Å². The number of amides is 2. The Morgan fingerprint density at radius 2 is 1.79 bits per heavy atom. The number of para-hydroxylation sites is 1. The molecule has 0 saturated heterocycles. The molecule has 0 radical (unpaired) electrons. The molecule has 1 aliphatic rings. The van der Waals surface area contributed by atoms with Crippen LogP contribution in [0.4, 0.5) is 5.69 Å². The molecule has 0 spiro atoms. The number of rotatable bonds is 4. The van der Waals surface area contributed by atoms with Crippen molar-refractivity contribution in [2.75, 3.05) is 11.9 Å². The Kier molecular flexibility index (Phi) is 5.12. The van der Waals surface area contributed by atoms with Gasteiger partial charge in [-0.2, -0.15) is 0 Å². The van der Waals surface area contributed by atoms with Crippen molar-refractivity contribution >= 4 is 17.5 Å². The van der Waals surface area contributed by atoms with Gasteiger partial charge in [-0.1, -0.05) is 48.5 Å². The normalized spacial score (nSPS) is 15.1. The standard InChI is InChI=1S/C24H23N3O2/c1-17-14-19-10-6-7-11-22(19)27(17)24(29)21-15-20(12-13-25-21)23(28)26(2)16-18-8-4-3-5-9-18/h3-13,15,17H,14,16H2,1-2H3. The first kappa shape index (κ1) is 18.9. The van der Waals surface area contributed by atoms with Gasteiger partial charge in [0, 0.05) is 37.1 Å². The molecule has 1 aliphatic heterocycles. The van der Waals surface area contributed by atoms with E-state index in [4.69, 9.17) is 0 Å². The lowest BCUT2D eigenvalue weighted by molar-refractivity contribution is 0.0785. The highest BCUT2D eigenvalue weighted by Gasteiger charge is 2.32. The fourth-order valence-corrected chi connectivity index (χ4v) is 3.83. The number of hydrogen-bond acceptors (Lipinski definition) is 3. The molecule has 146 valence electrons. The Labute approximate surface area is 170 Å². The number of benzene rings is 2. The van der Waals surface area contributed by atoms with Crippen molar-refractivity contribution in [2.45, 2.75) is 25.9 Å². The monoisotopic (exact) mass is 385 g/mol. The molecule has 2 heterocycles. The van der Waals surface area contributed by atoms with Crippen LogP contribution in [0.3, 0.4) is 0 Å². The lowest BCUT2D eigenvalue weighted by atomic mass is 10.1. The molecule has 0 fully saturated rings. The number of anilines is 1. The quantitative estimate of drug-likeness (QED) is 0.683. The predicted molar refractivity (Wildman–Crippen MR) is 113 cm³/mol. The van der Waals surface area contributed by atoms with Crippen LogP contribution < -0.4 is 4.90 Å². The Morgan fingerprint density at radius 1 is 1.07 bits per heavy atom. The lowest BCUT2D eigenvalue weighted by Gasteiger charge is -2.23. The average Bonchev–Trinajstić information content (AvgIpc) is 3.09. The van der Waals surface area contributed by atoms with Gasteiger partial charge in [-0.25, -0.2) is 0 Å². The van der Waals surface area contributed by atoms with Crippen LogP contribution >= 0.6 is 0 Å². The molecule has 0 aliphatic carbocycles. The third-order valence-electron chi connectivity index (χ3n) is 5.26. The third kappa shape index (κ3) is 3.76. The van der Waals surface area contributed by atoms with Gasteiger partial charge in [0.2, 0.25) is 0 Å². The number of aromatic nitrogens is 1. The van der Waals surface area contributed by atoms with Crippen molar-refractivity contribution in [3.05, 3.63) is 95.3 Å². The van der Waals surface area contributed by atoms with Crippen molar-refractivity contribution in [3.63, 3.8) is 0 Å². The molecule has 29 heavy (non-hydrogen) atoms. The highest BCUT2D eigenvalue weighted by molar-refractivity contribution is 6.07. The molecule has 0 bridgehead atoms. The summed E-state index contributed by atoms with van der Waals surface area (Å²) >= 11 is 0. The molecular weight excluding hydrogens is 362 g/mol. The Bertz CT molecular complexity index is 1050. The molecule has 2 aromatic carbocycles. The zero-order valence-corrected chi connectivity index (χ0v) is 16.6. The van der Waals surface area contributed by atoms with Crippen LogP contribution in [0.15, 0.2) is 72.9 Å². The number of nitrogens with zero attached hydrogens (tertiary/aromatic N) is 3. The third-order valence-corrected chi connectivity index (χ3v) is 5.26. The maximum atomic E-state index is 13.2. The number of pyridine rings is 1. The number of fused-ring (bicyclic) bond motifs is 1. The largest absolute Gasteiger partial charge is 0.337 e. The lowest BCUT2D eigenvalue weighted by Crippen LogP contribution is -2.36. The van der Waals surface area contributed by atoms with Gasteiger partial charge in [0.1, 0.15) is 5.69 Å². The van der Waals surface area contributed by atoms with Gasteiger partial charge in [-0.3, -0.25) is 14.6 Å². The van der Waals surface area contributed by atoms with Crippen molar-refractivity contribution in [3.8, 4) is 0 Å². The van der Waals surface area contributed by atoms with E-state index in [1.807, 2.05) is 61.5 Å². The maximum Gasteiger partial charge on any atom is 0.277 e. The Morgan fingerprint density at radius 3 is 2.59 bits per heavy atom. The first-order valence-corrected chi connectivity index (χ1v) is 9.71. The van der Waals surface area contributed by atoms with E-state index in [1.54, 1.807) is 29.0 Å². The summed E-state index contributed by atoms with van der Waals surface area (Å²) in [5.41, 5.74) is 3.87. The molecule has 0 saturated carbocycles. The van der Waals surface area contributed by atoms with Crippen LogP contribution in [-0.2, 0) is 13.0 Å². The minimum atomic E-state index is -0.178. The maximum absolute atomic E-state index is 13.2. The topological polar surface area (TPSA) is 53.5 Å². The highest BCUT2D eigenvalue weighted by Crippen LogP contribution is 2.32. The molecular formula is C24H23N3O2. The van der Waals surface area contributed by atoms with Crippen LogP contribution in [0.1, 0.15) is 38.9 Å². The molecule has 5 nitrogen and oxygen atoms in total. The van der Waals surface area contributed by atoms with Crippen LogP contribution in [0, 0.1) is 0 Å². The molecule has 4 rings (SSSR count). The fraction of sp³-hybridized carbons (Fsp3) is 0.208. The van der Waals surface area contributed by atoms with Crippen molar-refractivity contribution < 1.29 is 9.59 Å². The van der Waals surface area contributed by atoms with Crippen molar-refractivity contribution in [1.82, 2.24) is 9.88 Å². The summed E-state index contributed by atoms with van der Waals surface area (Å²) < 4.78 is 0. The Balaban J connectivity index is 1.56. The fourth-order valence-electron chi connectivity index (χ4n) is 3.83. The van der Waals surface area contributed by atoms with E-state index in [2.05, 4.69) is 4.98 Å². The van der Waals surface area contributed by atoms with Gasteiger partial charge in [0.25, 0.3) is 11.8 Å². The average molecular weight is 385 g/mol. The number of hydrogen-bond donors (Lipinski definition) is 0. The highest BCUT2D eigenvalue weighted by atomic mass is 16.2. The van der Waals surface area contributed by atoms with Crippen molar-refractivity contribution in [2.24, 2.45) is 0 Å². The molecule has 1 atom stereocenters. The van der Waals surface area contributed by atoms with Gasteiger partial charge in [0.15, 0.2) is 0 Å². The summed E-state index contributed by atoms with van der Waals surface area (Å²) in [6.45, 7) is 2.53. The second-order valence-corrected chi connectivity index (χ2v) is 7.43. The van der Waals surface area contributed by atoms with Crippen molar-refractivity contribution in [1.29, 1.82) is 0 Å². The van der Waals surface area contributed by atoms with Gasteiger partial charge >= 0.3 is 0 Å². The molecule has 0 N–H and O–H groups in total. The predicted octanol–water partition coefficient (Wildman–Crippen LogP) is 3.95. The van der Waals surface area contributed by atoms with E-state index in [0.717, 1.165) is 23.2 Å². The summed E-state index contributed by atoms with van der Waals surface area (Å²) in [7, 11) is 1.76. The number of carbonyl (C=O) groups excluding carboxylic acids is 2. The van der Waals surface area contributed by atoms with Gasteiger partial charge < -0.3 is 9.80 Å². The summed E-state index contributed by atoms with van der Waals surface area (Å²) in [5.74, 6) is -0.317. The Hall–Kier alpha value is -3.47. The second kappa shape index (κ2) is 7.87. The van der Waals surface area contributed by atoms with E-state index >= 15 is 0 Å².